The van der Waals surface area contributed by atoms with E-state index in [0.29, 0.717) is 37.3 Å². The molecule has 2 fully saturated rings. The molecule has 0 saturated carbocycles. The largest absolute Gasteiger partial charge is 0.377 e. The van der Waals surface area contributed by atoms with E-state index in [0.717, 1.165) is 25.1 Å². The number of ether oxygens (including phenoxy) is 2. The Bertz CT molecular complexity index is 748. The average molecular weight is 356 g/mol. The molecule has 2 aromatic rings. The molecule has 0 N–H and O–H groups in total. The number of fused-ring (bicyclic) bond motifs is 1. The zero-order valence-electron chi connectivity index (χ0n) is 15.0. The number of hydrogen-bond donors (Lipinski definition) is 0. The lowest BCUT2D eigenvalue weighted by molar-refractivity contribution is 0.0643. The monoisotopic (exact) mass is 356 g/mol. The highest BCUT2D eigenvalue weighted by molar-refractivity contribution is 5.92. The van der Waals surface area contributed by atoms with Gasteiger partial charge in [0.25, 0.3) is 5.91 Å². The standard InChI is InChI=1S/C19H24N4O3/c1-22-8-4-17(21-22)19(24)23-10-16-15(13-26-18(16)11-23)5-9-25-12-14-2-6-20-7-3-14/h2-4,6-8,15-16,18H,5,9-13H2,1H3/t15-,16-,18-/m0/s1. The van der Waals surface area contributed by atoms with E-state index in [2.05, 4.69) is 10.1 Å². The normalized spacial score (nSPS) is 24.8. The third-order valence-corrected chi connectivity index (χ3v) is 5.31. The molecule has 0 radical (unpaired) electrons. The summed E-state index contributed by atoms with van der Waals surface area (Å²) >= 11 is 0. The number of aromatic nitrogens is 3. The van der Waals surface area contributed by atoms with Gasteiger partial charge in [0.05, 0.1) is 19.3 Å². The fourth-order valence-corrected chi connectivity index (χ4v) is 3.86. The minimum absolute atomic E-state index is 0.00344. The zero-order valence-corrected chi connectivity index (χ0v) is 15.0. The molecular weight excluding hydrogens is 332 g/mol. The van der Waals surface area contributed by atoms with Gasteiger partial charge in [0.15, 0.2) is 0 Å². The molecule has 7 heteroatoms. The molecule has 4 rings (SSSR count). The Balaban J connectivity index is 1.26. The second-order valence-corrected chi connectivity index (χ2v) is 7.08. The minimum atomic E-state index is -0.00344. The molecule has 0 aromatic carbocycles. The third-order valence-electron chi connectivity index (χ3n) is 5.31. The first kappa shape index (κ1) is 17.2. The van der Waals surface area contributed by atoms with Gasteiger partial charge in [-0.2, -0.15) is 5.10 Å². The van der Waals surface area contributed by atoms with E-state index in [1.54, 1.807) is 29.3 Å². The summed E-state index contributed by atoms with van der Waals surface area (Å²) in [5.41, 5.74) is 1.64. The number of aryl methyl sites for hydroxylation is 1. The van der Waals surface area contributed by atoms with Crippen molar-refractivity contribution in [3.8, 4) is 0 Å². The highest BCUT2D eigenvalue weighted by Crippen LogP contribution is 2.36. The number of rotatable bonds is 6. The van der Waals surface area contributed by atoms with Crippen molar-refractivity contribution < 1.29 is 14.3 Å². The molecule has 26 heavy (non-hydrogen) atoms. The van der Waals surface area contributed by atoms with Crippen LogP contribution in [0.4, 0.5) is 0 Å². The number of amides is 1. The van der Waals surface area contributed by atoms with Gasteiger partial charge in [0.1, 0.15) is 5.69 Å². The summed E-state index contributed by atoms with van der Waals surface area (Å²) in [7, 11) is 1.82. The first-order chi connectivity index (χ1) is 12.7. The van der Waals surface area contributed by atoms with Crippen LogP contribution in [0.2, 0.25) is 0 Å². The smallest absolute Gasteiger partial charge is 0.274 e. The van der Waals surface area contributed by atoms with Crippen molar-refractivity contribution >= 4 is 5.91 Å². The maximum Gasteiger partial charge on any atom is 0.274 e. The van der Waals surface area contributed by atoms with Crippen molar-refractivity contribution in [1.29, 1.82) is 0 Å². The molecule has 0 spiro atoms. The van der Waals surface area contributed by atoms with Gasteiger partial charge in [0, 0.05) is 51.3 Å². The Morgan fingerprint density at radius 3 is 2.92 bits per heavy atom. The van der Waals surface area contributed by atoms with Crippen LogP contribution in [-0.4, -0.2) is 58.0 Å². The lowest BCUT2D eigenvalue weighted by atomic mass is 9.91. The van der Waals surface area contributed by atoms with Crippen LogP contribution in [0.1, 0.15) is 22.5 Å². The molecule has 0 bridgehead atoms. The summed E-state index contributed by atoms with van der Waals surface area (Å²) in [5.74, 6) is 0.836. The molecule has 2 aromatic heterocycles. The number of carbonyl (C=O) groups is 1. The fourth-order valence-electron chi connectivity index (χ4n) is 3.86. The van der Waals surface area contributed by atoms with Crippen LogP contribution in [0.3, 0.4) is 0 Å². The third kappa shape index (κ3) is 3.64. The molecule has 3 atom stereocenters. The maximum atomic E-state index is 12.6. The van der Waals surface area contributed by atoms with Crippen molar-refractivity contribution in [2.45, 2.75) is 19.1 Å². The average Bonchev–Trinajstić information content (AvgIpc) is 3.35. The first-order valence-electron chi connectivity index (χ1n) is 9.08. The fraction of sp³-hybridized carbons (Fsp3) is 0.526. The summed E-state index contributed by atoms with van der Waals surface area (Å²) in [6, 6.07) is 5.70. The van der Waals surface area contributed by atoms with Gasteiger partial charge >= 0.3 is 0 Å². The number of likely N-dealkylation sites (tertiary alicyclic amines) is 1. The molecule has 0 aliphatic carbocycles. The summed E-state index contributed by atoms with van der Waals surface area (Å²) < 4.78 is 13.4. The van der Waals surface area contributed by atoms with Gasteiger partial charge < -0.3 is 14.4 Å². The quantitative estimate of drug-likeness (QED) is 0.734. The molecule has 138 valence electrons. The van der Waals surface area contributed by atoms with Crippen molar-refractivity contribution in [2.24, 2.45) is 18.9 Å². The van der Waals surface area contributed by atoms with Crippen LogP contribution in [0.5, 0.6) is 0 Å². The van der Waals surface area contributed by atoms with Crippen molar-refractivity contribution in [3.05, 3.63) is 48.0 Å². The van der Waals surface area contributed by atoms with Gasteiger partial charge in [-0.1, -0.05) is 0 Å². The van der Waals surface area contributed by atoms with Crippen molar-refractivity contribution in [1.82, 2.24) is 19.7 Å². The Morgan fingerprint density at radius 1 is 1.31 bits per heavy atom. The minimum Gasteiger partial charge on any atom is -0.377 e. The number of carbonyl (C=O) groups excluding carboxylic acids is 1. The first-order valence-corrected chi connectivity index (χ1v) is 9.08. The van der Waals surface area contributed by atoms with Gasteiger partial charge in [-0.25, -0.2) is 0 Å². The van der Waals surface area contributed by atoms with Gasteiger partial charge in [-0.05, 0) is 36.1 Å². The predicted molar refractivity (Wildman–Crippen MR) is 94.3 cm³/mol. The number of pyridine rings is 1. The summed E-state index contributed by atoms with van der Waals surface area (Å²) in [6.07, 6.45) is 6.45. The Morgan fingerprint density at radius 2 is 2.15 bits per heavy atom. The van der Waals surface area contributed by atoms with Crippen LogP contribution < -0.4 is 0 Å². The number of nitrogens with zero attached hydrogens (tertiary/aromatic N) is 4. The van der Waals surface area contributed by atoms with E-state index >= 15 is 0 Å². The molecule has 4 heterocycles. The Labute approximate surface area is 152 Å². The highest BCUT2D eigenvalue weighted by Gasteiger charge is 2.45. The lowest BCUT2D eigenvalue weighted by Gasteiger charge is -2.19. The van der Waals surface area contributed by atoms with E-state index in [9.17, 15) is 4.79 Å². The molecule has 0 unspecified atom stereocenters. The van der Waals surface area contributed by atoms with E-state index < -0.39 is 0 Å². The number of hydrogen-bond acceptors (Lipinski definition) is 5. The molecular formula is C19H24N4O3. The second-order valence-electron chi connectivity index (χ2n) is 7.08. The van der Waals surface area contributed by atoms with E-state index in [-0.39, 0.29) is 12.0 Å². The Hall–Kier alpha value is -2.25. The van der Waals surface area contributed by atoms with Gasteiger partial charge in [0.2, 0.25) is 0 Å². The predicted octanol–water partition coefficient (Wildman–Crippen LogP) is 1.51. The molecule has 2 saturated heterocycles. The van der Waals surface area contributed by atoms with Crippen molar-refractivity contribution in [2.75, 3.05) is 26.3 Å². The highest BCUT2D eigenvalue weighted by atomic mass is 16.5. The van der Waals surface area contributed by atoms with Crippen molar-refractivity contribution in [3.63, 3.8) is 0 Å². The van der Waals surface area contributed by atoms with Crippen LogP contribution in [0, 0.1) is 11.8 Å². The SMILES string of the molecule is Cn1ccc(C(=O)N2C[C@H]3[C@@H](CCOCc4ccncc4)CO[C@H]3C2)n1. The second kappa shape index (κ2) is 7.55. The topological polar surface area (TPSA) is 69.5 Å². The Kier molecular flexibility index (Phi) is 4.99. The molecule has 2 aliphatic rings. The molecule has 7 nitrogen and oxygen atoms in total. The van der Waals surface area contributed by atoms with E-state index in [4.69, 9.17) is 9.47 Å². The maximum absolute atomic E-state index is 12.6. The lowest BCUT2D eigenvalue weighted by Crippen LogP contribution is -2.31. The zero-order chi connectivity index (χ0) is 17.9. The summed E-state index contributed by atoms with van der Waals surface area (Å²) in [4.78, 5) is 18.5. The van der Waals surface area contributed by atoms with Crippen LogP contribution in [0.25, 0.3) is 0 Å². The molecule has 1 amide bonds. The van der Waals surface area contributed by atoms with Crippen LogP contribution in [0.15, 0.2) is 36.8 Å². The molecule has 2 aliphatic heterocycles. The summed E-state index contributed by atoms with van der Waals surface area (Å²) in [6.45, 7) is 3.48. The van der Waals surface area contributed by atoms with Gasteiger partial charge in [-0.15, -0.1) is 0 Å². The van der Waals surface area contributed by atoms with E-state index in [1.807, 2.05) is 24.1 Å². The van der Waals surface area contributed by atoms with Crippen LogP contribution >= 0.6 is 0 Å². The van der Waals surface area contributed by atoms with Crippen LogP contribution in [-0.2, 0) is 23.1 Å². The van der Waals surface area contributed by atoms with E-state index in [1.165, 1.54) is 0 Å². The van der Waals surface area contributed by atoms with Gasteiger partial charge in [-0.3, -0.25) is 14.5 Å². The summed E-state index contributed by atoms with van der Waals surface area (Å²) in [5, 5.41) is 4.22.